The van der Waals surface area contributed by atoms with Gasteiger partial charge < -0.3 is 9.73 Å². The third-order valence-corrected chi connectivity index (χ3v) is 2.69. The maximum atomic E-state index is 5.52. The van der Waals surface area contributed by atoms with Crippen LogP contribution >= 0.6 is 0 Å². The summed E-state index contributed by atoms with van der Waals surface area (Å²) in [5.74, 6) is 1.68. The van der Waals surface area contributed by atoms with Gasteiger partial charge in [-0.2, -0.15) is 5.10 Å². The Morgan fingerprint density at radius 2 is 2.17 bits per heavy atom. The minimum atomic E-state index is 0.652. The molecule has 0 saturated heterocycles. The molecule has 0 bridgehead atoms. The molecule has 0 aromatic carbocycles. The van der Waals surface area contributed by atoms with Gasteiger partial charge in [0.1, 0.15) is 5.76 Å². The summed E-state index contributed by atoms with van der Waals surface area (Å²) in [6.45, 7) is 6.61. The van der Waals surface area contributed by atoms with Crippen LogP contribution in [0, 0.1) is 0 Å². The third kappa shape index (κ3) is 3.43. The van der Waals surface area contributed by atoms with Crippen LogP contribution in [0.5, 0.6) is 0 Å². The van der Waals surface area contributed by atoms with Crippen molar-refractivity contribution in [1.29, 1.82) is 0 Å². The topological polar surface area (TPSA) is 55.9 Å². The highest BCUT2D eigenvalue weighted by molar-refractivity contribution is 5.03. The largest absolute Gasteiger partial charge is 0.444 e. The van der Waals surface area contributed by atoms with Gasteiger partial charge in [0.15, 0.2) is 0 Å². The molecule has 0 spiro atoms. The van der Waals surface area contributed by atoms with Crippen molar-refractivity contribution in [3.05, 3.63) is 35.8 Å². The van der Waals surface area contributed by atoms with E-state index in [1.807, 2.05) is 10.9 Å². The lowest BCUT2D eigenvalue weighted by molar-refractivity contribution is 0.439. The first-order chi connectivity index (χ1) is 8.81. The van der Waals surface area contributed by atoms with Crippen LogP contribution in [-0.2, 0) is 26.1 Å². The van der Waals surface area contributed by atoms with Crippen LogP contribution in [0.1, 0.15) is 37.5 Å². The second kappa shape index (κ2) is 6.35. The van der Waals surface area contributed by atoms with Crippen molar-refractivity contribution in [2.45, 2.75) is 46.3 Å². The normalized spacial score (nSPS) is 11.0. The first kappa shape index (κ1) is 12.8. The summed E-state index contributed by atoms with van der Waals surface area (Å²) in [6, 6.07) is 0. The molecule has 2 heterocycles. The van der Waals surface area contributed by atoms with E-state index in [-0.39, 0.29) is 0 Å². The van der Waals surface area contributed by atoms with Crippen LogP contribution in [0.3, 0.4) is 0 Å². The number of hydrogen-bond acceptors (Lipinski definition) is 4. The summed E-state index contributed by atoms with van der Waals surface area (Å²) < 4.78 is 7.49. The van der Waals surface area contributed by atoms with Gasteiger partial charge >= 0.3 is 0 Å². The molecule has 0 radical (unpaired) electrons. The Labute approximate surface area is 107 Å². The Balaban J connectivity index is 1.77. The van der Waals surface area contributed by atoms with E-state index in [0.717, 1.165) is 37.6 Å². The second-order valence-electron chi connectivity index (χ2n) is 4.29. The number of aromatic nitrogens is 3. The van der Waals surface area contributed by atoms with E-state index >= 15 is 0 Å². The third-order valence-electron chi connectivity index (χ3n) is 2.69. The van der Waals surface area contributed by atoms with Crippen molar-refractivity contribution in [2.24, 2.45) is 0 Å². The average Bonchev–Trinajstić information content (AvgIpc) is 2.99. The molecule has 0 fully saturated rings. The van der Waals surface area contributed by atoms with Gasteiger partial charge in [0.25, 0.3) is 0 Å². The maximum absolute atomic E-state index is 5.52. The Hall–Kier alpha value is -1.62. The van der Waals surface area contributed by atoms with Crippen LogP contribution in [0.15, 0.2) is 23.0 Å². The minimum absolute atomic E-state index is 0.652. The fraction of sp³-hybridized carbons (Fsp3) is 0.538. The predicted molar refractivity (Wildman–Crippen MR) is 68.9 cm³/mol. The highest BCUT2D eigenvalue weighted by atomic mass is 16.4. The van der Waals surface area contributed by atoms with Gasteiger partial charge in [0, 0.05) is 31.3 Å². The first-order valence-electron chi connectivity index (χ1n) is 6.47. The summed E-state index contributed by atoms with van der Waals surface area (Å²) in [4.78, 5) is 4.20. The number of oxazole rings is 1. The fourth-order valence-electron chi connectivity index (χ4n) is 1.76. The molecular formula is C13H20N4O. The second-order valence-corrected chi connectivity index (χ2v) is 4.29. The highest BCUT2D eigenvalue weighted by Crippen LogP contribution is 2.04. The van der Waals surface area contributed by atoms with Crippen LogP contribution in [0.4, 0.5) is 0 Å². The van der Waals surface area contributed by atoms with E-state index in [1.165, 1.54) is 5.56 Å². The van der Waals surface area contributed by atoms with Gasteiger partial charge in [-0.25, -0.2) is 4.98 Å². The summed E-state index contributed by atoms with van der Waals surface area (Å²) in [6.07, 6.45) is 7.75. The van der Waals surface area contributed by atoms with Gasteiger partial charge in [-0.3, -0.25) is 4.68 Å². The molecule has 2 aromatic rings. The van der Waals surface area contributed by atoms with Crippen molar-refractivity contribution in [3.63, 3.8) is 0 Å². The summed E-state index contributed by atoms with van der Waals surface area (Å²) in [5, 5.41) is 7.59. The summed E-state index contributed by atoms with van der Waals surface area (Å²) in [7, 11) is 0. The molecule has 5 nitrogen and oxygen atoms in total. The molecule has 1 N–H and O–H groups in total. The van der Waals surface area contributed by atoms with Gasteiger partial charge in [0.2, 0.25) is 5.89 Å². The monoisotopic (exact) mass is 248 g/mol. The van der Waals surface area contributed by atoms with Gasteiger partial charge in [-0.05, 0) is 6.42 Å². The zero-order valence-corrected chi connectivity index (χ0v) is 11.0. The smallest absolute Gasteiger partial charge is 0.208 e. The Morgan fingerprint density at radius 1 is 1.28 bits per heavy atom. The molecule has 0 aliphatic rings. The van der Waals surface area contributed by atoms with Crippen molar-refractivity contribution < 1.29 is 4.42 Å². The SMILES string of the molecule is CCCn1cc(CNCc2ncc(CC)o2)cn1. The quantitative estimate of drug-likeness (QED) is 0.815. The molecule has 0 saturated carbocycles. The summed E-state index contributed by atoms with van der Waals surface area (Å²) in [5.41, 5.74) is 1.19. The Bertz CT molecular complexity index is 475. The van der Waals surface area contributed by atoms with Crippen molar-refractivity contribution in [1.82, 2.24) is 20.1 Å². The zero-order chi connectivity index (χ0) is 12.8. The minimum Gasteiger partial charge on any atom is -0.444 e. The van der Waals surface area contributed by atoms with Gasteiger partial charge in [-0.15, -0.1) is 0 Å². The molecule has 5 heteroatoms. The molecule has 2 aromatic heterocycles. The summed E-state index contributed by atoms with van der Waals surface area (Å²) >= 11 is 0. The molecule has 2 rings (SSSR count). The molecule has 18 heavy (non-hydrogen) atoms. The van der Waals surface area contributed by atoms with E-state index in [0.29, 0.717) is 6.54 Å². The Morgan fingerprint density at radius 3 is 2.89 bits per heavy atom. The maximum Gasteiger partial charge on any atom is 0.208 e. The molecule has 0 unspecified atom stereocenters. The van der Waals surface area contributed by atoms with Gasteiger partial charge in [0.05, 0.1) is 18.9 Å². The van der Waals surface area contributed by atoms with Crippen LogP contribution in [0.2, 0.25) is 0 Å². The molecule has 0 aliphatic carbocycles. The van der Waals surface area contributed by atoms with E-state index in [9.17, 15) is 0 Å². The van der Waals surface area contributed by atoms with Crippen LogP contribution in [0.25, 0.3) is 0 Å². The standard InChI is InChI=1S/C13H20N4O/c1-3-5-17-10-11(7-16-17)6-14-9-13-15-8-12(4-2)18-13/h7-8,10,14H,3-6,9H2,1-2H3. The van der Waals surface area contributed by atoms with Crippen molar-refractivity contribution in [2.75, 3.05) is 0 Å². The van der Waals surface area contributed by atoms with E-state index < -0.39 is 0 Å². The van der Waals surface area contributed by atoms with Crippen molar-refractivity contribution in [3.8, 4) is 0 Å². The zero-order valence-electron chi connectivity index (χ0n) is 11.0. The van der Waals surface area contributed by atoms with Crippen LogP contribution in [-0.4, -0.2) is 14.8 Å². The predicted octanol–water partition coefficient (Wildman–Crippen LogP) is 2.13. The molecule has 0 aliphatic heterocycles. The lowest BCUT2D eigenvalue weighted by Gasteiger charge is -1.99. The lowest BCUT2D eigenvalue weighted by Crippen LogP contribution is -2.12. The van der Waals surface area contributed by atoms with Crippen molar-refractivity contribution >= 4 is 0 Å². The molecule has 98 valence electrons. The molecular weight excluding hydrogens is 228 g/mol. The number of aryl methyl sites for hydroxylation is 2. The number of nitrogens with one attached hydrogen (secondary N) is 1. The Kier molecular flexibility index (Phi) is 4.52. The highest BCUT2D eigenvalue weighted by Gasteiger charge is 2.02. The lowest BCUT2D eigenvalue weighted by atomic mass is 10.3. The van der Waals surface area contributed by atoms with Gasteiger partial charge in [-0.1, -0.05) is 13.8 Å². The fourth-order valence-corrected chi connectivity index (χ4v) is 1.76. The average molecular weight is 248 g/mol. The number of hydrogen-bond donors (Lipinski definition) is 1. The molecule has 0 amide bonds. The molecule has 0 atom stereocenters. The first-order valence-corrected chi connectivity index (χ1v) is 6.47. The number of nitrogens with zero attached hydrogens (tertiary/aromatic N) is 3. The van der Waals surface area contributed by atoms with Crippen LogP contribution < -0.4 is 5.32 Å². The van der Waals surface area contributed by atoms with E-state index in [1.54, 1.807) is 6.20 Å². The van der Waals surface area contributed by atoms with E-state index in [4.69, 9.17) is 4.42 Å². The number of rotatable bonds is 7. The van der Waals surface area contributed by atoms with E-state index in [2.05, 4.69) is 35.4 Å².